The number of hydrogen-bond donors (Lipinski definition) is 1. The van der Waals surface area contributed by atoms with Crippen molar-refractivity contribution >= 4 is 17.2 Å². The Morgan fingerprint density at radius 3 is 2.37 bits per heavy atom. The maximum atomic E-state index is 5.76. The van der Waals surface area contributed by atoms with Gasteiger partial charge >= 0.3 is 0 Å². The van der Waals surface area contributed by atoms with Crippen LogP contribution < -0.4 is 10.5 Å². The maximum Gasteiger partial charge on any atom is 0.129 e. The molecule has 0 saturated carbocycles. The molecule has 106 valence electrons. The zero-order chi connectivity index (χ0) is 13.9. The monoisotopic (exact) mass is 279 g/mol. The van der Waals surface area contributed by atoms with E-state index in [1.807, 2.05) is 24.3 Å². The summed E-state index contributed by atoms with van der Waals surface area (Å²) >= 11 is 5.01. The van der Waals surface area contributed by atoms with E-state index >= 15 is 0 Å². The van der Waals surface area contributed by atoms with E-state index in [4.69, 9.17) is 22.7 Å². The van der Waals surface area contributed by atoms with Crippen molar-refractivity contribution in [3.05, 3.63) is 29.8 Å². The third-order valence-corrected chi connectivity index (χ3v) is 3.38. The topological polar surface area (TPSA) is 35.2 Å². The van der Waals surface area contributed by atoms with Crippen LogP contribution in [0.2, 0.25) is 0 Å². The average molecular weight is 279 g/mol. The molecule has 0 aliphatic heterocycles. The van der Waals surface area contributed by atoms with Gasteiger partial charge in [0.15, 0.2) is 0 Å². The van der Waals surface area contributed by atoms with Gasteiger partial charge in [0.05, 0.1) is 12.2 Å². The first kappa shape index (κ1) is 16.0. The molecule has 0 aliphatic carbocycles. The lowest BCUT2D eigenvalue weighted by Crippen LogP contribution is -2.12. The van der Waals surface area contributed by atoms with Crippen molar-refractivity contribution in [2.24, 2.45) is 5.73 Å². The Morgan fingerprint density at radius 1 is 1.05 bits per heavy atom. The SMILES string of the molecule is CCCCCCCCCOc1ccccc1C(N)=S. The quantitative estimate of drug-likeness (QED) is 0.507. The van der Waals surface area contributed by atoms with Crippen LogP contribution in [0.15, 0.2) is 24.3 Å². The molecule has 0 fully saturated rings. The van der Waals surface area contributed by atoms with Gasteiger partial charge in [-0.25, -0.2) is 0 Å². The van der Waals surface area contributed by atoms with Gasteiger partial charge in [-0.05, 0) is 18.6 Å². The highest BCUT2D eigenvalue weighted by molar-refractivity contribution is 7.80. The van der Waals surface area contributed by atoms with Gasteiger partial charge in [0.25, 0.3) is 0 Å². The molecule has 0 aromatic heterocycles. The summed E-state index contributed by atoms with van der Waals surface area (Å²) in [4.78, 5) is 0.398. The molecule has 0 spiro atoms. The summed E-state index contributed by atoms with van der Waals surface area (Å²) in [5.74, 6) is 0.806. The molecule has 0 atom stereocenters. The highest BCUT2D eigenvalue weighted by Gasteiger charge is 2.04. The number of hydrogen-bond acceptors (Lipinski definition) is 2. The minimum Gasteiger partial charge on any atom is -0.493 e. The average Bonchev–Trinajstić information content (AvgIpc) is 2.42. The van der Waals surface area contributed by atoms with Crippen molar-refractivity contribution in [3.63, 3.8) is 0 Å². The van der Waals surface area contributed by atoms with Crippen LogP contribution in [0, 0.1) is 0 Å². The molecule has 0 amide bonds. The Hall–Kier alpha value is -1.09. The second kappa shape index (κ2) is 9.79. The predicted octanol–water partition coefficient (Wildman–Crippen LogP) is 4.45. The van der Waals surface area contributed by atoms with Gasteiger partial charge in [-0.3, -0.25) is 0 Å². The van der Waals surface area contributed by atoms with Crippen molar-refractivity contribution in [2.45, 2.75) is 51.9 Å². The molecule has 1 aromatic rings. The first-order valence-corrected chi connectivity index (χ1v) is 7.68. The summed E-state index contributed by atoms with van der Waals surface area (Å²) in [5.41, 5.74) is 6.50. The van der Waals surface area contributed by atoms with Gasteiger partial charge in [0.2, 0.25) is 0 Å². The standard InChI is InChI=1S/C16H25NOS/c1-2-3-4-5-6-7-10-13-18-15-12-9-8-11-14(15)16(17)19/h8-9,11-12H,2-7,10,13H2,1H3,(H2,17,19). The molecule has 1 rings (SSSR count). The van der Waals surface area contributed by atoms with Crippen LogP contribution in [0.1, 0.15) is 57.4 Å². The van der Waals surface area contributed by atoms with Gasteiger partial charge in [-0.1, -0.05) is 69.8 Å². The van der Waals surface area contributed by atoms with Crippen LogP contribution in [0.4, 0.5) is 0 Å². The van der Waals surface area contributed by atoms with Crippen molar-refractivity contribution in [3.8, 4) is 5.75 Å². The second-order valence-corrected chi connectivity index (χ2v) is 5.27. The van der Waals surface area contributed by atoms with Crippen LogP contribution in [0.25, 0.3) is 0 Å². The molecular formula is C16H25NOS. The minimum atomic E-state index is 0.398. The number of ether oxygens (including phenoxy) is 1. The van der Waals surface area contributed by atoms with E-state index in [-0.39, 0.29) is 0 Å². The van der Waals surface area contributed by atoms with E-state index in [1.165, 1.54) is 38.5 Å². The summed E-state index contributed by atoms with van der Waals surface area (Å²) in [6.07, 6.45) is 9.01. The Labute approximate surface area is 122 Å². The van der Waals surface area contributed by atoms with Crippen LogP contribution in [-0.2, 0) is 0 Å². The number of benzene rings is 1. The highest BCUT2D eigenvalue weighted by atomic mass is 32.1. The predicted molar refractivity (Wildman–Crippen MR) is 85.8 cm³/mol. The molecule has 0 radical (unpaired) electrons. The zero-order valence-corrected chi connectivity index (χ0v) is 12.7. The van der Waals surface area contributed by atoms with Crippen molar-refractivity contribution in [1.29, 1.82) is 0 Å². The highest BCUT2D eigenvalue weighted by Crippen LogP contribution is 2.18. The van der Waals surface area contributed by atoms with Crippen LogP contribution in [0.5, 0.6) is 5.75 Å². The number of nitrogens with two attached hydrogens (primary N) is 1. The molecule has 0 saturated heterocycles. The fourth-order valence-electron chi connectivity index (χ4n) is 2.04. The summed E-state index contributed by atoms with van der Waals surface area (Å²) in [5, 5.41) is 0. The zero-order valence-electron chi connectivity index (χ0n) is 11.9. The molecule has 1 aromatic carbocycles. The second-order valence-electron chi connectivity index (χ2n) is 4.83. The Balaban J connectivity index is 2.17. The first-order valence-electron chi connectivity index (χ1n) is 7.27. The lowest BCUT2D eigenvalue weighted by atomic mass is 10.1. The van der Waals surface area contributed by atoms with Gasteiger partial charge in [0.1, 0.15) is 10.7 Å². The molecule has 0 bridgehead atoms. The summed E-state index contributed by atoms with van der Waals surface area (Å²) in [6.45, 7) is 2.99. The lowest BCUT2D eigenvalue weighted by Gasteiger charge is -2.10. The van der Waals surface area contributed by atoms with Crippen LogP contribution in [0.3, 0.4) is 0 Å². The fourth-order valence-corrected chi connectivity index (χ4v) is 2.21. The minimum absolute atomic E-state index is 0.398. The number of para-hydroxylation sites is 1. The van der Waals surface area contributed by atoms with E-state index in [9.17, 15) is 0 Å². The van der Waals surface area contributed by atoms with Gasteiger partial charge in [-0.2, -0.15) is 0 Å². The molecule has 0 heterocycles. The summed E-state index contributed by atoms with van der Waals surface area (Å²) in [7, 11) is 0. The largest absolute Gasteiger partial charge is 0.493 e. The normalized spacial score (nSPS) is 10.4. The van der Waals surface area contributed by atoms with E-state index < -0.39 is 0 Å². The van der Waals surface area contributed by atoms with Gasteiger partial charge < -0.3 is 10.5 Å². The molecule has 0 aliphatic rings. The van der Waals surface area contributed by atoms with Gasteiger partial charge in [-0.15, -0.1) is 0 Å². The van der Waals surface area contributed by atoms with Crippen molar-refractivity contribution < 1.29 is 4.74 Å². The number of rotatable bonds is 10. The van der Waals surface area contributed by atoms with Gasteiger partial charge in [0, 0.05) is 0 Å². The van der Waals surface area contributed by atoms with E-state index in [0.29, 0.717) is 4.99 Å². The fraction of sp³-hybridized carbons (Fsp3) is 0.562. The Kier molecular flexibility index (Phi) is 8.23. The van der Waals surface area contributed by atoms with E-state index in [0.717, 1.165) is 24.3 Å². The lowest BCUT2D eigenvalue weighted by molar-refractivity contribution is 0.304. The number of unbranched alkanes of at least 4 members (excludes halogenated alkanes) is 6. The van der Waals surface area contributed by atoms with Crippen LogP contribution in [-0.4, -0.2) is 11.6 Å². The molecule has 2 N–H and O–H groups in total. The third-order valence-electron chi connectivity index (χ3n) is 3.16. The first-order chi connectivity index (χ1) is 9.25. The molecule has 0 unspecified atom stereocenters. The molecule has 2 nitrogen and oxygen atoms in total. The third kappa shape index (κ3) is 6.58. The maximum absolute atomic E-state index is 5.76. The van der Waals surface area contributed by atoms with E-state index in [1.54, 1.807) is 0 Å². The van der Waals surface area contributed by atoms with Crippen molar-refractivity contribution in [2.75, 3.05) is 6.61 Å². The molecule has 3 heteroatoms. The van der Waals surface area contributed by atoms with E-state index in [2.05, 4.69) is 6.92 Å². The molecule has 19 heavy (non-hydrogen) atoms. The van der Waals surface area contributed by atoms with Crippen LogP contribution >= 0.6 is 12.2 Å². The smallest absolute Gasteiger partial charge is 0.129 e. The Bertz CT molecular complexity index is 379. The Morgan fingerprint density at radius 2 is 1.68 bits per heavy atom. The summed E-state index contributed by atoms with van der Waals surface area (Å²) < 4.78 is 5.76. The molecular weight excluding hydrogens is 254 g/mol. The van der Waals surface area contributed by atoms with Crippen molar-refractivity contribution in [1.82, 2.24) is 0 Å². The number of thiocarbonyl (C=S) groups is 1. The summed E-state index contributed by atoms with van der Waals surface area (Å²) in [6, 6.07) is 7.70.